The molecule has 0 unspecified atom stereocenters. The van der Waals surface area contributed by atoms with Crippen LogP contribution in [0.5, 0.6) is 5.75 Å². The van der Waals surface area contributed by atoms with Crippen molar-refractivity contribution >= 4 is 0 Å². The SMILES string of the molecule is CCCc1ccc(-c2cc(F)c(C(F)(F)Oc3ccc(-c4cc(F)c(F)c(F)c4)c(F)c3)c(F)c2)cc1. The van der Waals surface area contributed by atoms with E-state index in [4.69, 9.17) is 0 Å². The van der Waals surface area contributed by atoms with Crippen LogP contribution in [0.25, 0.3) is 22.3 Å². The van der Waals surface area contributed by atoms with Gasteiger partial charge in [0.15, 0.2) is 17.5 Å². The lowest BCUT2D eigenvalue weighted by atomic mass is 10.00. The summed E-state index contributed by atoms with van der Waals surface area (Å²) in [5, 5.41) is 0. The van der Waals surface area contributed by atoms with Crippen LogP contribution in [-0.4, -0.2) is 0 Å². The lowest BCUT2D eigenvalue weighted by Crippen LogP contribution is -2.25. The first-order valence-electron chi connectivity index (χ1n) is 11.1. The van der Waals surface area contributed by atoms with E-state index in [9.17, 15) is 35.1 Å². The molecule has 4 rings (SSSR count). The molecule has 37 heavy (non-hydrogen) atoms. The standard InChI is InChI=1S/C28H18F8O/c1-2-3-15-4-6-16(7-5-15)17-10-22(30)26(23(31)11-17)28(35,36)37-19-8-9-20(21(29)14-19)18-12-24(32)27(34)25(33)13-18/h4-14H,2-3H2,1H3. The fourth-order valence-electron chi connectivity index (χ4n) is 3.87. The van der Waals surface area contributed by atoms with Gasteiger partial charge in [-0.1, -0.05) is 37.6 Å². The molecular formula is C28H18F8O. The number of hydrogen-bond donors (Lipinski definition) is 0. The second-order valence-electron chi connectivity index (χ2n) is 8.28. The van der Waals surface area contributed by atoms with Crippen molar-refractivity contribution < 1.29 is 39.9 Å². The third-order valence-electron chi connectivity index (χ3n) is 5.64. The highest BCUT2D eigenvalue weighted by atomic mass is 19.3. The van der Waals surface area contributed by atoms with Crippen molar-refractivity contribution in [1.29, 1.82) is 0 Å². The van der Waals surface area contributed by atoms with E-state index in [0.717, 1.165) is 42.7 Å². The van der Waals surface area contributed by atoms with Crippen LogP contribution in [0.2, 0.25) is 0 Å². The van der Waals surface area contributed by atoms with E-state index in [1.165, 1.54) is 0 Å². The van der Waals surface area contributed by atoms with E-state index < -0.39 is 63.5 Å². The van der Waals surface area contributed by atoms with Gasteiger partial charge in [-0.3, -0.25) is 0 Å². The highest BCUT2D eigenvalue weighted by Crippen LogP contribution is 2.38. The lowest BCUT2D eigenvalue weighted by molar-refractivity contribution is -0.189. The Bertz CT molecular complexity index is 1400. The first kappa shape index (κ1) is 26.2. The molecule has 192 valence electrons. The van der Waals surface area contributed by atoms with Gasteiger partial charge in [0.1, 0.15) is 28.8 Å². The number of rotatable bonds is 7. The van der Waals surface area contributed by atoms with Gasteiger partial charge < -0.3 is 4.74 Å². The van der Waals surface area contributed by atoms with Gasteiger partial charge in [-0.05, 0) is 65.1 Å². The molecule has 0 fully saturated rings. The van der Waals surface area contributed by atoms with Crippen LogP contribution in [0.4, 0.5) is 35.1 Å². The Labute approximate surface area is 207 Å². The summed E-state index contributed by atoms with van der Waals surface area (Å²) >= 11 is 0. The van der Waals surface area contributed by atoms with Crippen LogP contribution >= 0.6 is 0 Å². The maximum atomic E-state index is 14.8. The number of halogens is 8. The van der Waals surface area contributed by atoms with Gasteiger partial charge in [0.25, 0.3) is 0 Å². The Kier molecular flexibility index (Phi) is 7.25. The summed E-state index contributed by atoms with van der Waals surface area (Å²) in [7, 11) is 0. The topological polar surface area (TPSA) is 9.23 Å². The molecule has 0 aliphatic rings. The Hall–Kier alpha value is -3.88. The zero-order valence-corrected chi connectivity index (χ0v) is 19.2. The predicted molar refractivity (Wildman–Crippen MR) is 122 cm³/mol. The molecule has 0 radical (unpaired) electrons. The van der Waals surface area contributed by atoms with E-state index in [-0.39, 0.29) is 5.56 Å². The summed E-state index contributed by atoms with van der Waals surface area (Å²) in [6.45, 7) is 2.00. The fraction of sp³-hybridized carbons (Fsp3) is 0.143. The third-order valence-corrected chi connectivity index (χ3v) is 5.64. The summed E-state index contributed by atoms with van der Waals surface area (Å²) in [6.07, 6.45) is -2.83. The molecule has 0 saturated heterocycles. The van der Waals surface area contributed by atoms with Gasteiger partial charge in [-0.25, -0.2) is 26.3 Å². The van der Waals surface area contributed by atoms with Crippen LogP contribution in [0, 0.1) is 34.9 Å². The average Bonchev–Trinajstić information content (AvgIpc) is 2.82. The van der Waals surface area contributed by atoms with Crippen molar-refractivity contribution in [3.63, 3.8) is 0 Å². The minimum atomic E-state index is -4.54. The van der Waals surface area contributed by atoms with E-state index in [2.05, 4.69) is 4.74 Å². The summed E-state index contributed by atoms with van der Waals surface area (Å²) < 4.78 is 118. The summed E-state index contributed by atoms with van der Waals surface area (Å²) in [6, 6.07) is 11.4. The smallest absolute Gasteiger partial charge is 0.429 e. The number of alkyl halides is 2. The molecule has 1 nitrogen and oxygen atoms in total. The molecule has 9 heteroatoms. The quantitative estimate of drug-likeness (QED) is 0.174. The van der Waals surface area contributed by atoms with Crippen LogP contribution in [0.3, 0.4) is 0 Å². The van der Waals surface area contributed by atoms with Gasteiger partial charge in [-0.15, -0.1) is 0 Å². The van der Waals surface area contributed by atoms with E-state index >= 15 is 0 Å². The minimum absolute atomic E-state index is 0.0340. The van der Waals surface area contributed by atoms with Gasteiger partial charge in [-0.2, -0.15) is 8.78 Å². The number of aryl methyl sites for hydroxylation is 1. The molecule has 0 amide bonds. The molecule has 4 aromatic carbocycles. The monoisotopic (exact) mass is 522 g/mol. The first-order chi connectivity index (χ1) is 17.5. The molecule has 4 aromatic rings. The number of ether oxygens (including phenoxy) is 1. The Balaban J connectivity index is 1.61. The van der Waals surface area contributed by atoms with Crippen molar-refractivity contribution in [1.82, 2.24) is 0 Å². The van der Waals surface area contributed by atoms with E-state index in [0.29, 0.717) is 23.8 Å². The van der Waals surface area contributed by atoms with E-state index in [1.54, 1.807) is 24.3 Å². The largest absolute Gasteiger partial charge is 0.432 e. The highest BCUT2D eigenvalue weighted by Gasteiger charge is 2.41. The van der Waals surface area contributed by atoms with Crippen LogP contribution in [-0.2, 0) is 12.5 Å². The molecule has 0 aliphatic carbocycles. The van der Waals surface area contributed by atoms with Crippen molar-refractivity contribution in [2.75, 3.05) is 0 Å². The van der Waals surface area contributed by atoms with Crippen LogP contribution in [0.15, 0.2) is 66.7 Å². The molecule has 0 saturated carbocycles. The maximum absolute atomic E-state index is 14.8. The van der Waals surface area contributed by atoms with Crippen molar-refractivity contribution in [3.8, 4) is 28.0 Å². The molecular weight excluding hydrogens is 504 g/mol. The summed E-state index contributed by atoms with van der Waals surface area (Å²) in [5.41, 5.74) is -1.06. The Morgan fingerprint density at radius 3 is 1.73 bits per heavy atom. The lowest BCUT2D eigenvalue weighted by Gasteiger charge is -2.20. The Morgan fingerprint density at radius 1 is 0.622 bits per heavy atom. The van der Waals surface area contributed by atoms with Gasteiger partial charge in [0.05, 0.1) is 0 Å². The molecule has 0 aliphatic heterocycles. The molecule has 0 aromatic heterocycles. The highest BCUT2D eigenvalue weighted by molar-refractivity contribution is 5.66. The molecule has 0 bridgehead atoms. The maximum Gasteiger partial charge on any atom is 0.432 e. The summed E-state index contributed by atoms with van der Waals surface area (Å²) in [5.74, 6) is -10.1. The van der Waals surface area contributed by atoms with Crippen LogP contribution < -0.4 is 4.74 Å². The molecule has 0 heterocycles. The van der Waals surface area contributed by atoms with Gasteiger partial charge in [0.2, 0.25) is 0 Å². The normalized spacial score (nSPS) is 11.6. The van der Waals surface area contributed by atoms with Crippen LogP contribution in [0.1, 0.15) is 24.5 Å². The average molecular weight is 522 g/mol. The minimum Gasteiger partial charge on any atom is -0.429 e. The van der Waals surface area contributed by atoms with Crippen molar-refractivity contribution in [3.05, 3.63) is 113 Å². The van der Waals surface area contributed by atoms with Gasteiger partial charge >= 0.3 is 6.11 Å². The first-order valence-corrected chi connectivity index (χ1v) is 11.1. The zero-order valence-electron chi connectivity index (χ0n) is 19.2. The number of benzene rings is 4. The molecule has 0 atom stereocenters. The molecule has 0 spiro atoms. The third kappa shape index (κ3) is 5.45. The van der Waals surface area contributed by atoms with Crippen molar-refractivity contribution in [2.24, 2.45) is 0 Å². The number of hydrogen-bond acceptors (Lipinski definition) is 1. The van der Waals surface area contributed by atoms with Gasteiger partial charge in [0, 0.05) is 11.6 Å². The summed E-state index contributed by atoms with van der Waals surface area (Å²) in [4.78, 5) is 0. The Morgan fingerprint density at radius 2 is 1.19 bits per heavy atom. The fourth-order valence-corrected chi connectivity index (χ4v) is 3.87. The second kappa shape index (κ2) is 10.2. The van der Waals surface area contributed by atoms with E-state index in [1.807, 2.05) is 6.92 Å². The zero-order chi connectivity index (χ0) is 26.9. The predicted octanol–water partition coefficient (Wildman–Crippen LogP) is 8.94. The molecule has 0 N–H and O–H groups in total. The van der Waals surface area contributed by atoms with Crippen molar-refractivity contribution in [2.45, 2.75) is 25.9 Å². The second-order valence-corrected chi connectivity index (χ2v) is 8.28.